The number of hydrogen-bond donors (Lipinski definition) is 1. The van der Waals surface area contributed by atoms with E-state index in [0.717, 1.165) is 9.75 Å². The van der Waals surface area contributed by atoms with E-state index in [4.69, 9.17) is 5.73 Å². The predicted molar refractivity (Wildman–Crippen MR) is 91.0 cm³/mol. The van der Waals surface area contributed by atoms with Crippen LogP contribution in [0.1, 0.15) is 22.7 Å². The maximum Gasteiger partial charge on any atom is 0.243 e. The zero-order chi connectivity index (χ0) is 15.8. The third-order valence-electron chi connectivity index (χ3n) is 3.36. The predicted octanol–water partition coefficient (Wildman–Crippen LogP) is 3.78. The monoisotopic (exact) mass is 388 g/mol. The standard InChI is InChI=1S/C14H17BrN2O2S2/c1-9-4-7-14(20-9)10(2)17(3)21(18,19)11-5-6-12(15)13(16)8-11/h4-8,10H,16H2,1-3H3. The number of aryl methyl sites for hydroxylation is 1. The van der Waals surface area contributed by atoms with Crippen LogP contribution in [-0.2, 0) is 10.0 Å². The van der Waals surface area contributed by atoms with Crippen LogP contribution in [0.3, 0.4) is 0 Å². The topological polar surface area (TPSA) is 63.4 Å². The van der Waals surface area contributed by atoms with Crippen LogP contribution in [0.5, 0.6) is 0 Å². The Morgan fingerprint density at radius 3 is 2.48 bits per heavy atom. The van der Waals surface area contributed by atoms with E-state index in [0.29, 0.717) is 10.2 Å². The zero-order valence-electron chi connectivity index (χ0n) is 12.0. The van der Waals surface area contributed by atoms with Gasteiger partial charge in [-0.05, 0) is 60.1 Å². The molecule has 114 valence electrons. The van der Waals surface area contributed by atoms with Crippen LogP contribution in [0.25, 0.3) is 0 Å². The molecule has 4 nitrogen and oxygen atoms in total. The molecule has 2 rings (SSSR count). The fourth-order valence-corrected chi connectivity index (χ4v) is 4.58. The van der Waals surface area contributed by atoms with Gasteiger partial charge in [-0.15, -0.1) is 11.3 Å². The summed E-state index contributed by atoms with van der Waals surface area (Å²) in [5.41, 5.74) is 6.19. The van der Waals surface area contributed by atoms with Crippen molar-refractivity contribution >= 4 is 43.0 Å². The van der Waals surface area contributed by atoms with E-state index < -0.39 is 10.0 Å². The Morgan fingerprint density at radius 1 is 1.29 bits per heavy atom. The lowest BCUT2D eigenvalue weighted by molar-refractivity contribution is 0.403. The van der Waals surface area contributed by atoms with Crippen molar-refractivity contribution in [3.05, 3.63) is 44.6 Å². The van der Waals surface area contributed by atoms with Gasteiger partial charge in [0.05, 0.1) is 10.9 Å². The van der Waals surface area contributed by atoms with Gasteiger partial charge in [0, 0.05) is 27.0 Å². The summed E-state index contributed by atoms with van der Waals surface area (Å²) in [4.78, 5) is 2.38. The minimum Gasteiger partial charge on any atom is -0.398 e. The first kappa shape index (κ1) is 16.5. The quantitative estimate of drug-likeness (QED) is 0.810. The summed E-state index contributed by atoms with van der Waals surface area (Å²) >= 11 is 4.87. The highest BCUT2D eigenvalue weighted by Gasteiger charge is 2.27. The molecule has 0 aliphatic carbocycles. The summed E-state index contributed by atoms with van der Waals surface area (Å²) in [6, 6.07) is 8.41. The summed E-state index contributed by atoms with van der Waals surface area (Å²) < 4.78 is 27.4. The number of sulfonamides is 1. The number of nitrogens with zero attached hydrogens (tertiary/aromatic N) is 1. The normalized spacial score (nSPS) is 13.6. The Morgan fingerprint density at radius 2 is 1.95 bits per heavy atom. The molecule has 0 aliphatic heterocycles. The highest BCUT2D eigenvalue weighted by atomic mass is 79.9. The lowest BCUT2D eigenvalue weighted by atomic mass is 10.3. The van der Waals surface area contributed by atoms with Crippen molar-refractivity contribution in [2.45, 2.75) is 24.8 Å². The molecule has 0 fully saturated rings. The van der Waals surface area contributed by atoms with Gasteiger partial charge >= 0.3 is 0 Å². The average Bonchev–Trinajstić information content (AvgIpc) is 2.86. The van der Waals surface area contributed by atoms with Crippen LogP contribution in [0.4, 0.5) is 5.69 Å². The summed E-state index contributed by atoms with van der Waals surface area (Å²) in [5, 5.41) is 0. The van der Waals surface area contributed by atoms with E-state index in [1.165, 1.54) is 10.4 Å². The first-order chi connectivity index (χ1) is 9.73. The molecule has 0 aliphatic rings. The van der Waals surface area contributed by atoms with Crippen molar-refractivity contribution in [3.8, 4) is 0 Å². The summed E-state index contributed by atoms with van der Waals surface area (Å²) in [6.45, 7) is 3.88. The summed E-state index contributed by atoms with van der Waals surface area (Å²) in [5.74, 6) is 0. The Labute approximate surface area is 137 Å². The second-order valence-corrected chi connectivity index (χ2v) is 9.00. The third kappa shape index (κ3) is 3.31. The molecular formula is C14H17BrN2O2S2. The number of nitrogen functional groups attached to an aromatic ring is 1. The summed E-state index contributed by atoms with van der Waals surface area (Å²) in [6.07, 6.45) is 0. The number of halogens is 1. The van der Waals surface area contributed by atoms with Gasteiger partial charge in [-0.3, -0.25) is 0 Å². The zero-order valence-corrected chi connectivity index (χ0v) is 15.2. The van der Waals surface area contributed by atoms with Gasteiger partial charge < -0.3 is 5.73 Å². The first-order valence-corrected chi connectivity index (χ1v) is 9.38. The smallest absolute Gasteiger partial charge is 0.243 e. The van der Waals surface area contributed by atoms with Crippen LogP contribution in [-0.4, -0.2) is 19.8 Å². The molecule has 2 aromatic rings. The second-order valence-electron chi connectivity index (χ2n) is 4.83. The molecular weight excluding hydrogens is 372 g/mol. The van der Waals surface area contributed by atoms with Gasteiger partial charge in [-0.25, -0.2) is 8.42 Å². The molecule has 1 aromatic heterocycles. The largest absolute Gasteiger partial charge is 0.398 e. The Bertz CT molecular complexity index is 756. The number of anilines is 1. The van der Waals surface area contributed by atoms with E-state index in [-0.39, 0.29) is 10.9 Å². The van der Waals surface area contributed by atoms with E-state index in [2.05, 4.69) is 15.9 Å². The van der Waals surface area contributed by atoms with Crippen LogP contribution in [0.2, 0.25) is 0 Å². The molecule has 0 saturated heterocycles. The lowest BCUT2D eigenvalue weighted by Gasteiger charge is -2.23. The van der Waals surface area contributed by atoms with Gasteiger partial charge in [0.2, 0.25) is 10.0 Å². The lowest BCUT2D eigenvalue weighted by Crippen LogP contribution is -2.29. The second kappa shape index (κ2) is 6.08. The third-order valence-corrected chi connectivity index (χ3v) is 7.18. The molecule has 0 saturated carbocycles. The fraction of sp³-hybridized carbons (Fsp3) is 0.286. The maximum absolute atomic E-state index is 12.7. The highest BCUT2D eigenvalue weighted by Crippen LogP contribution is 2.31. The van der Waals surface area contributed by atoms with E-state index in [9.17, 15) is 8.42 Å². The van der Waals surface area contributed by atoms with Crippen LogP contribution < -0.4 is 5.73 Å². The van der Waals surface area contributed by atoms with Crippen molar-refractivity contribution in [3.63, 3.8) is 0 Å². The van der Waals surface area contributed by atoms with E-state index in [1.807, 2.05) is 26.0 Å². The maximum atomic E-state index is 12.7. The molecule has 0 radical (unpaired) electrons. The Balaban J connectivity index is 2.36. The fourth-order valence-electron chi connectivity index (χ4n) is 1.91. The molecule has 0 bridgehead atoms. The molecule has 21 heavy (non-hydrogen) atoms. The average molecular weight is 389 g/mol. The van der Waals surface area contributed by atoms with E-state index >= 15 is 0 Å². The number of rotatable bonds is 4. The number of nitrogens with two attached hydrogens (primary N) is 1. The van der Waals surface area contributed by atoms with Gasteiger partial charge in [-0.1, -0.05) is 0 Å². The summed E-state index contributed by atoms with van der Waals surface area (Å²) in [7, 11) is -1.99. The van der Waals surface area contributed by atoms with Gasteiger partial charge in [0.25, 0.3) is 0 Å². The van der Waals surface area contributed by atoms with Crippen molar-refractivity contribution < 1.29 is 8.42 Å². The van der Waals surface area contributed by atoms with Gasteiger partial charge in [-0.2, -0.15) is 4.31 Å². The molecule has 2 N–H and O–H groups in total. The SMILES string of the molecule is Cc1ccc(C(C)N(C)S(=O)(=O)c2ccc(Br)c(N)c2)s1. The minimum atomic E-state index is -3.58. The molecule has 0 amide bonds. The molecule has 1 aromatic carbocycles. The van der Waals surface area contributed by atoms with Gasteiger partial charge in [0.15, 0.2) is 0 Å². The van der Waals surface area contributed by atoms with Crippen molar-refractivity contribution in [2.24, 2.45) is 0 Å². The van der Waals surface area contributed by atoms with Crippen molar-refractivity contribution in [1.29, 1.82) is 0 Å². The van der Waals surface area contributed by atoms with Crippen LogP contribution >= 0.6 is 27.3 Å². The molecule has 7 heteroatoms. The number of benzene rings is 1. The van der Waals surface area contributed by atoms with Crippen molar-refractivity contribution in [1.82, 2.24) is 4.31 Å². The van der Waals surface area contributed by atoms with E-state index in [1.54, 1.807) is 30.5 Å². The molecule has 1 atom stereocenters. The first-order valence-electron chi connectivity index (χ1n) is 6.33. The van der Waals surface area contributed by atoms with Crippen LogP contribution in [0.15, 0.2) is 39.7 Å². The number of thiophene rings is 1. The Kier molecular flexibility index (Phi) is 4.77. The highest BCUT2D eigenvalue weighted by molar-refractivity contribution is 9.10. The molecule has 0 spiro atoms. The Hall–Kier alpha value is -0.890. The minimum absolute atomic E-state index is 0.200. The van der Waals surface area contributed by atoms with Crippen LogP contribution in [0, 0.1) is 6.92 Å². The van der Waals surface area contributed by atoms with Crippen molar-refractivity contribution in [2.75, 3.05) is 12.8 Å². The van der Waals surface area contributed by atoms with Gasteiger partial charge in [0.1, 0.15) is 0 Å². The molecule has 1 unspecified atom stereocenters. The number of hydrogen-bond acceptors (Lipinski definition) is 4. The molecule has 1 heterocycles.